The summed E-state index contributed by atoms with van der Waals surface area (Å²) >= 11 is 6.20. The molecule has 3 heterocycles. The fourth-order valence-corrected chi connectivity index (χ4v) is 6.09. The molecule has 2 N–H and O–H groups in total. The van der Waals surface area contributed by atoms with Crippen LogP contribution in [0, 0.1) is 11.3 Å². The summed E-state index contributed by atoms with van der Waals surface area (Å²) in [5.74, 6) is -4.15. The van der Waals surface area contributed by atoms with E-state index in [0.29, 0.717) is 19.4 Å². The summed E-state index contributed by atoms with van der Waals surface area (Å²) < 4.78 is 54.5. The van der Waals surface area contributed by atoms with Crippen molar-refractivity contribution in [2.75, 3.05) is 19.8 Å². The Kier molecular flexibility index (Phi) is 11.7. The molecule has 2 fully saturated rings. The summed E-state index contributed by atoms with van der Waals surface area (Å²) in [6.45, 7) is 0.378. The van der Waals surface area contributed by atoms with Gasteiger partial charge in [-0.3, -0.25) is 23.7 Å². The first-order chi connectivity index (χ1) is 21.4. The summed E-state index contributed by atoms with van der Waals surface area (Å²) in [4.78, 5) is 50.4. The number of aliphatic hydroxyl groups is 1. The predicted octanol–water partition coefficient (Wildman–Crippen LogP) is 2.34. The lowest BCUT2D eigenvalue weighted by atomic mass is 10.1. The third kappa shape index (κ3) is 8.87. The maximum absolute atomic E-state index is 14.2. The van der Waals surface area contributed by atoms with E-state index in [-0.39, 0.29) is 35.8 Å². The van der Waals surface area contributed by atoms with E-state index in [1.807, 2.05) is 6.07 Å². The summed E-state index contributed by atoms with van der Waals surface area (Å²) in [7, 11) is -4.96. The largest absolute Gasteiger partial charge is 0.532 e. The van der Waals surface area contributed by atoms with Crippen molar-refractivity contribution < 1.29 is 51.8 Å². The molecule has 0 aliphatic carbocycles. The number of carbonyl (C=O) groups is 2. The van der Waals surface area contributed by atoms with Crippen LogP contribution in [0.25, 0.3) is 0 Å². The minimum atomic E-state index is -4.96. The Balaban J connectivity index is 1.76. The predicted molar refractivity (Wildman–Crippen MR) is 152 cm³/mol. The maximum Gasteiger partial charge on any atom is 0.532 e. The van der Waals surface area contributed by atoms with Crippen LogP contribution in [-0.4, -0.2) is 70.5 Å². The molecule has 0 radical (unpaired) electrons. The van der Waals surface area contributed by atoms with Crippen LogP contribution < -0.4 is 15.8 Å². The number of aromatic amines is 1. The lowest BCUT2D eigenvalue weighted by molar-refractivity contribution is -0.267. The van der Waals surface area contributed by atoms with Gasteiger partial charge in [-0.2, -0.15) is 5.26 Å². The van der Waals surface area contributed by atoms with E-state index in [1.54, 1.807) is 6.07 Å². The molecule has 2 unspecified atom stereocenters. The molecule has 2 aromatic rings. The van der Waals surface area contributed by atoms with Gasteiger partial charge in [0.15, 0.2) is 24.7 Å². The van der Waals surface area contributed by atoms with Gasteiger partial charge in [0.2, 0.25) is 5.79 Å². The number of para-hydroxylation sites is 1. The van der Waals surface area contributed by atoms with E-state index in [1.165, 1.54) is 25.1 Å². The van der Waals surface area contributed by atoms with Crippen molar-refractivity contribution in [2.45, 2.75) is 69.5 Å². The molecule has 1 aromatic heterocycles. The highest BCUT2D eigenvalue weighted by Gasteiger charge is 2.64. The van der Waals surface area contributed by atoms with Crippen LogP contribution in [0.2, 0.25) is 5.02 Å². The Morgan fingerprint density at radius 2 is 2.04 bits per heavy atom. The smallest absolute Gasteiger partial charge is 0.463 e. The highest BCUT2D eigenvalue weighted by atomic mass is 35.5. The molecule has 6 atom stereocenters. The number of benzene rings is 1. The van der Waals surface area contributed by atoms with Crippen LogP contribution in [0.1, 0.15) is 45.3 Å². The van der Waals surface area contributed by atoms with Gasteiger partial charge in [-0.25, -0.2) is 13.9 Å². The molecular weight excluding hydrogens is 641 g/mol. The first-order valence-corrected chi connectivity index (χ1v) is 15.7. The highest BCUT2D eigenvalue weighted by Crippen LogP contribution is 2.57. The minimum Gasteiger partial charge on any atom is -0.463 e. The van der Waals surface area contributed by atoms with Crippen LogP contribution in [-0.2, 0) is 42.1 Å². The number of esters is 1. The number of carbonyl (C=O) groups excluding carboxylic acids is 2. The standard InChI is InChI=1S/C27H31ClN3O13P/c1-17(32)9-10-22(34)39-16-20-27(36,44-45(37,40-15-5-12-29)43-19-7-3-2-6-18(19)28)24(42-23-8-4-14-38-23)25(41-20)31-13-11-21(33)30-26(31)35/h2-3,6-7,11,13,20,23-25,36H,4-5,8-10,14-16H2,1H3,(H,30,33,35)/t20-,23?,24+,25-,27+,45?/m1/s1. The average molecular weight is 672 g/mol. The van der Waals surface area contributed by atoms with Crippen LogP contribution in [0.5, 0.6) is 5.75 Å². The number of H-pyrrole nitrogens is 1. The number of halogens is 1. The maximum atomic E-state index is 14.2. The average Bonchev–Trinajstić information content (AvgIpc) is 3.59. The summed E-state index contributed by atoms with van der Waals surface area (Å²) in [5, 5.41) is 21.3. The van der Waals surface area contributed by atoms with E-state index in [0.717, 1.165) is 16.8 Å². The van der Waals surface area contributed by atoms with Crippen molar-refractivity contribution in [3.8, 4) is 11.8 Å². The van der Waals surface area contributed by atoms with E-state index in [9.17, 15) is 28.8 Å². The number of nitrogens with zero attached hydrogens (tertiary/aromatic N) is 2. The molecule has 1 aromatic carbocycles. The number of ketones is 1. The zero-order chi connectivity index (χ0) is 32.6. The number of ether oxygens (including phenoxy) is 4. The zero-order valence-electron chi connectivity index (χ0n) is 24.0. The molecule has 2 saturated heterocycles. The summed E-state index contributed by atoms with van der Waals surface area (Å²) in [6.07, 6.45) is -4.67. The lowest BCUT2D eigenvalue weighted by Gasteiger charge is -2.35. The van der Waals surface area contributed by atoms with Crippen molar-refractivity contribution in [2.24, 2.45) is 0 Å². The second-order valence-corrected chi connectivity index (χ2v) is 11.9. The molecule has 45 heavy (non-hydrogen) atoms. The molecule has 0 bridgehead atoms. The van der Waals surface area contributed by atoms with E-state index in [4.69, 9.17) is 49.4 Å². The topological polar surface area (TPSA) is 215 Å². The number of phosphoric ester groups is 1. The molecule has 2 aliphatic heterocycles. The van der Waals surface area contributed by atoms with Gasteiger partial charge in [0.25, 0.3) is 5.56 Å². The van der Waals surface area contributed by atoms with Gasteiger partial charge in [-0.15, -0.1) is 0 Å². The van der Waals surface area contributed by atoms with E-state index >= 15 is 0 Å². The van der Waals surface area contributed by atoms with Crippen molar-refractivity contribution in [3.05, 3.63) is 62.4 Å². The Hall–Kier alpha value is -3.39. The number of nitriles is 1. The molecule has 244 valence electrons. The van der Waals surface area contributed by atoms with Crippen LogP contribution in [0.3, 0.4) is 0 Å². The second kappa shape index (κ2) is 15.3. The lowest BCUT2D eigenvalue weighted by Crippen LogP contribution is -2.54. The van der Waals surface area contributed by atoms with Crippen molar-refractivity contribution in [1.29, 1.82) is 5.26 Å². The van der Waals surface area contributed by atoms with Gasteiger partial charge in [0.05, 0.1) is 30.5 Å². The fourth-order valence-electron chi connectivity index (χ4n) is 4.43. The van der Waals surface area contributed by atoms with E-state index < -0.39 is 68.8 Å². The first-order valence-electron chi connectivity index (χ1n) is 13.8. The van der Waals surface area contributed by atoms with Crippen LogP contribution >= 0.6 is 19.4 Å². The van der Waals surface area contributed by atoms with Crippen LogP contribution in [0.15, 0.2) is 46.1 Å². The van der Waals surface area contributed by atoms with E-state index in [2.05, 4.69) is 4.98 Å². The number of Topliss-reactive ketones (excluding diaryl/α,β-unsaturated/α-hetero) is 1. The number of hydrogen-bond acceptors (Lipinski definition) is 14. The molecule has 0 spiro atoms. The number of hydrogen-bond donors (Lipinski definition) is 2. The van der Waals surface area contributed by atoms with Crippen molar-refractivity contribution >= 4 is 31.2 Å². The molecule has 16 nitrogen and oxygen atoms in total. The van der Waals surface area contributed by atoms with Crippen molar-refractivity contribution in [3.63, 3.8) is 0 Å². The zero-order valence-corrected chi connectivity index (χ0v) is 25.6. The number of nitrogens with one attached hydrogen (secondary N) is 1. The SMILES string of the molecule is CC(=O)CCC(=O)OC[C@H]1O[C@@H](n2ccc(=O)[nH]c2=O)[C@H](OC2CCCO2)[C@@]1(O)OP(=O)(OCCC#N)Oc1ccccc1Cl. The first kappa shape index (κ1) is 34.5. The molecule has 2 aliphatic rings. The molecule has 0 amide bonds. The Bertz CT molecular complexity index is 1570. The quantitative estimate of drug-likeness (QED) is 0.120. The number of phosphoric acid groups is 1. The van der Waals surface area contributed by atoms with Crippen LogP contribution in [0.4, 0.5) is 0 Å². The van der Waals surface area contributed by atoms with Gasteiger partial charge in [0, 0.05) is 31.7 Å². The second-order valence-electron chi connectivity index (χ2n) is 9.97. The Morgan fingerprint density at radius 3 is 2.71 bits per heavy atom. The summed E-state index contributed by atoms with van der Waals surface area (Å²) in [6, 6.07) is 8.69. The monoisotopic (exact) mass is 671 g/mol. The van der Waals surface area contributed by atoms with Gasteiger partial charge in [0.1, 0.15) is 18.1 Å². The fraction of sp³-hybridized carbons (Fsp3) is 0.519. The number of aromatic nitrogens is 2. The van der Waals surface area contributed by atoms with Crippen molar-refractivity contribution in [1.82, 2.24) is 9.55 Å². The normalized spacial score (nSPS) is 25.7. The third-order valence-corrected chi connectivity index (χ3v) is 8.34. The highest BCUT2D eigenvalue weighted by molar-refractivity contribution is 7.49. The minimum absolute atomic E-state index is 0.000598. The molecule has 0 saturated carbocycles. The van der Waals surface area contributed by atoms with Gasteiger partial charge >= 0.3 is 19.5 Å². The number of rotatable bonds is 15. The molecule has 18 heteroatoms. The molecule has 4 rings (SSSR count). The summed E-state index contributed by atoms with van der Waals surface area (Å²) in [5.41, 5.74) is -1.69. The van der Waals surface area contributed by atoms with Gasteiger partial charge in [-0.05, 0) is 25.5 Å². The Morgan fingerprint density at radius 1 is 1.27 bits per heavy atom. The Labute approximate surface area is 261 Å². The third-order valence-electron chi connectivity index (χ3n) is 6.59. The van der Waals surface area contributed by atoms with Gasteiger partial charge < -0.3 is 33.4 Å². The van der Waals surface area contributed by atoms with Gasteiger partial charge in [-0.1, -0.05) is 23.7 Å². The molecular formula is C27H31ClN3O13P.